The third-order valence-corrected chi connectivity index (χ3v) is 2.99. The highest BCUT2D eigenvalue weighted by molar-refractivity contribution is 6.30. The van der Waals surface area contributed by atoms with Crippen LogP contribution >= 0.6 is 11.6 Å². The third kappa shape index (κ3) is 5.61. The Kier molecular flexibility index (Phi) is 6.52. The molecule has 0 spiro atoms. The van der Waals surface area contributed by atoms with E-state index in [1.54, 1.807) is 23.1 Å². The van der Waals surface area contributed by atoms with E-state index < -0.39 is 0 Å². The Morgan fingerprint density at radius 3 is 2.60 bits per heavy atom. The first kappa shape index (κ1) is 16.5. The summed E-state index contributed by atoms with van der Waals surface area (Å²) in [6.45, 7) is 6.34. The number of halogens is 1. The van der Waals surface area contributed by atoms with Crippen molar-refractivity contribution in [2.24, 2.45) is 5.92 Å². The highest BCUT2D eigenvalue weighted by atomic mass is 35.5. The lowest BCUT2D eigenvalue weighted by molar-refractivity contribution is -0.122. The standard InChI is InChI=1S/C15H21ClN2O2/c1-11(2)9-15(20)17-7-8-18(12(3)19)14-6-4-5-13(16)10-14/h4-6,10-11H,7-9H2,1-3H3,(H,17,20). The van der Waals surface area contributed by atoms with Gasteiger partial charge in [-0.1, -0.05) is 31.5 Å². The molecule has 0 bridgehead atoms. The molecule has 4 nitrogen and oxygen atoms in total. The predicted octanol–water partition coefficient (Wildman–Crippen LogP) is 2.86. The molecule has 0 saturated heterocycles. The molecule has 0 aromatic heterocycles. The van der Waals surface area contributed by atoms with Gasteiger partial charge < -0.3 is 10.2 Å². The normalized spacial score (nSPS) is 10.4. The van der Waals surface area contributed by atoms with Gasteiger partial charge in [-0.15, -0.1) is 0 Å². The molecule has 5 heteroatoms. The number of benzene rings is 1. The Morgan fingerprint density at radius 2 is 2.05 bits per heavy atom. The average molecular weight is 297 g/mol. The molecule has 1 aromatic carbocycles. The van der Waals surface area contributed by atoms with Crippen molar-refractivity contribution in [2.45, 2.75) is 27.2 Å². The molecular weight excluding hydrogens is 276 g/mol. The summed E-state index contributed by atoms with van der Waals surface area (Å²) in [6, 6.07) is 7.11. The molecule has 0 atom stereocenters. The summed E-state index contributed by atoms with van der Waals surface area (Å²) in [5.41, 5.74) is 0.739. The second-order valence-electron chi connectivity index (χ2n) is 5.10. The lowest BCUT2D eigenvalue weighted by Crippen LogP contribution is -2.37. The fourth-order valence-electron chi connectivity index (χ4n) is 1.86. The number of nitrogens with one attached hydrogen (secondary N) is 1. The highest BCUT2D eigenvalue weighted by Gasteiger charge is 2.12. The lowest BCUT2D eigenvalue weighted by atomic mass is 10.1. The maximum absolute atomic E-state index is 11.7. The number of hydrogen-bond acceptors (Lipinski definition) is 2. The van der Waals surface area contributed by atoms with Crippen LogP contribution in [0.1, 0.15) is 27.2 Å². The van der Waals surface area contributed by atoms with Crippen LogP contribution in [-0.2, 0) is 9.59 Å². The smallest absolute Gasteiger partial charge is 0.223 e. The molecule has 1 aromatic rings. The van der Waals surface area contributed by atoms with Crippen LogP contribution in [0.5, 0.6) is 0 Å². The van der Waals surface area contributed by atoms with E-state index in [4.69, 9.17) is 11.6 Å². The number of nitrogens with zero attached hydrogens (tertiary/aromatic N) is 1. The summed E-state index contributed by atoms with van der Waals surface area (Å²) < 4.78 is 0. The van der Waals surface area contributed by atoms with Gasteiger partial charge in [0.05, 0.1) is 0 Å². The number of amides is 2. The van der Waals surface area contributed by atoms with Crippen LogP contribution in [-0.4, -0.2) is 24.9 Å². The molecule has 0 aliphatic rings. The first-order valence-corrected chi connectivity index (χ1v) is 7.08. The van der Waals surface area contributed by atoms with E-state index in [9.17, 15) is 9.59 Å². The van der Waals surface area contributed by atoms with E-state index in [-0.39, 0.29) is 11.8 Å². The molecular formula is C15H21ClN2O2. The topological polar surface area (TPSA) is 49.4 Å². The number of rotatable bonds is 6. The molecule has 0 unspecified atom stereocenters. The molecule has 0 aliphatic carbocycles. The van der Waals surface area contributed by atoms with Crippen molar-refractivity contribution >= 4 is 29.1 Å². The Bertz CT molecular complexity index is 475. The number of carbonyl (C=O) groups is 2. The quantitative estimate of drug-likeness (QED) is 0.877. The Balaban J connectivity index is 2.57. The van der Waals surface area contributed by atoms with Gasteiger partial charge in [0, 0.05) is 37.1 Å². The number of carbonyl (C=O) groups excluding carboxylic acids is 2. The lowest BCUT2D eigenvalue weighted by Gasteiger charge is -2.21. The fourth-order valence-corrected chi connectivity index (χ4v) is 2.05. The van der Waals surface area contributed by atoms with E-state index in [0.717, 1.165) is 5.69 Å². The van der Waals surface area contributed by atoms with Crippen LogP contribution in [0.3, 0.4) is 0 Å². The summed E-state index contributed by atoms with van der Waals surface area (Å²) in [6.07, 6.45) is 0.497. The first-order valence-electron chi connectivity index (χ1n) is 6.70. The second kappa shape index (κ2) is 7.90. The van der Waals surface area contributed by atoms with Crippen LogP contribution in [0, 0.1) is 5.92 Å². The van der Waals surface area contributed by atoms with Crippen molar-refractivity contribution in [3.63, 3.8) is 0 Å². The van der Waals surface area contributed by atoms with Crippen LogP contribution in [0.15, 0.2) is 24.3 Å². The van der Waals surface area contributed by atoms with Crippen LogP contribution in [0.2, 0.25) is 5.02 Å². The van der Waals surface area contributed by atoms with E-state index in [0.29, 0.717) is 30.5 Å². The molecule has 1 N–H and O–H groups in total. The third-order valence-electron chi connectivity index (χ3n) is 2.75. The average Bonchev–Trinajstić information content (AvgIpc) is 2.33. The Hall–Kier alpha value is -1.55. The highest BCUT2D eigenvalue weighted by Crippen LogP contribution is 2.19. The molecule has 0 saturated carbocycles. The van der Waals surface area contributed by atoms with Gasteiger partial charge in [-0.25, -0.2) is 0 Å². The SMILES string of the molecule is CC(=O)N(CCNC(=O)CC(C)C)c1cccc(Cl)c1. The minimum absolute atomic E-state index is 0.00889. The molecule has 0 radical (unpaired) electrons. The zero-order chi connectivity index (χ0) is 15.1. The molecule has 0 aliphatic heterocycles. The van der Waals surface area contributed by atoms with Crippen molar-refractivity contribution < 1.29 is 9.59 Å². The Labute approximate surface area is 125 Å². The fraction of sp³-hybridized carbons (Fsp3) is 0.467. The van der Waals surface area contributed by atoms with Gasteiger partial charge in [-0.2, -0.15) is 0 Å². The summed E-state index contributed by atoms with van der Waals surface area (Å²) in [5.74, 6) is 0.256. The molecule has 2 amide bonds. The first-order chi connectivity index (χ1) is 9.40. The van der Waals surface area contributed by atoms with Crippen molar-refractivity contribution in [3.05, 3.63) is 29.3 Å². The van der Waals surface area contributed by atoms with Crippen molar-refractivity contribution in [1.82, 2.24) is 5.32 Å². The monoisotopic (exact) mass is 296 g/mol. The van der Waals surface area contributed by atoms with E-state index in [1.165, 1.54) is 6.92 Å². The van der Waals surface area contributed by atoms with Crippen molar-refractivity contribution in [1.29, 1.82) is 0 Å². The van der Waals surface area contributed by atoms with Gasteiger partial charge in [0.2, 0.25) is 11.8 Å². The molecule has 20 heavy (non-hydrogen) atoms. The predicted molar refractivity (Wildman–Crippen MR) is 81.9 cm³/mol. The van der Waals surface area contributed by atoms with E-state index in [2.05, 4.69) is 5.32 Å². The largest absolute Gasteiger partial charge is 0.354 e. The van der Waals surface area contributed by atoms with Gasteiger partial charge in [-0.3, -0.25) is 9.59 Å². The molecule has 0 fully saturated rings. The summed E-state index contributed by atoms with van der Waals surface area (Å²) >= 11 is 5.93. The molecule has 1 rings (SSSR count). The van der Waals surface area contributed by atoms with Gasteiger partial charge in [0.15, 0.2) is 0 Å². The van der Waals surface area contributed by atoms with Gasteiger partial charge >= 0.3 is 0 Å². The summed E-state index contributed by atoms with van der Waals surface area (Å²) in [4.78, 5) is 24.8. The van der Waals surface area contributed by atoms with Gasteiger partial charge in [-0.05, 0) is 24.1 Å². The minimum atomic E-state index is -0.0784. The summed E-state index contributed by atoms with van der Waals surface area (Å²) in [5, 5.41) is 3.40. The zero-order valence-corrected chi connectivity index (χ0v) is 12.9. The zero-order valence-electron chi connectivity index (χ0n) is 12.1. The molecule has 0 heterocycles. The van der Waals surface area contributed by atoms with E-state index in [1.807, 2.05) is 19.9 Å². The van der Waals surface area contributed by atoms with Gasteiger partial charge in [0.1, 0.15) is 0 Å². The van der Waals surface area contributed by atoms with Crippen LogP contribution < -0.4 is 10.2 Å². The van der Waals surface area contributed by atoms with Crippen LogP contribution in [0.4, 0.5) is 5.69 Å². The Morgan fingerprint density at radius 1 is 1.35 bits per heavy atom. The van der Waals surface area contributed by atoms with Crippen molar-refractivity contribution in [2.75, 3.05) is 18.0 Å². The van der Waals surface area contributed by atoms with Gasteiger partial charge in [0.25, 0.3) is 0 Å². The number of hydrogen-bond donors (Lipinski definition) is 1. The van der Waals surface area contributed by atoms with E-state index >= 15 is 0 Å². The molecule has 110 valence electrons. The van der Waals surface area contributed by atoms with Crippen LogP contribution in [0.25, 0.3) is 0 Å². The van der Waals surface area contributed by atoms with Crippen molar-refractivity contribution in [3.8, 4) is 0 Å². The maximum Gasteiger partial charge on any atom is 0.223 e. The second-order valence-corrected chi connectivity index (χ2v) is 5.53. The minimum Gasteiger partial charge on any atom is -0.354 e. The summed E-state index contributed by atoms with van der Waals surface area (Å²) in [7, 11) is 0. The maximum atomic E-state index is 11.7. The number of anilines is 1.